The fraction of sp³-hybridized carbons (Fsp3) is 0.200. The highest BCUT2D eigenvalue weighted by Crippen LogP contribution is 2.33. The standard InChI is InChI=1S/C15H10Cl4N2O2S2/c1-23-5-4-21-12-9(3-2-8(16)11(12)18)24-15(21)20-14(22)7-6-10(17)25-13(7)19/h2-3,6H,4-5H2,1H3. The third kappa shape index (κ3) is 3.90. The zero-order valence-electron chi connectivity index (χ0n) is 12.7. The lowest BCUT2D eigenvalue weighted by Gasteiger charge is -2.06. The van der Waals surface area contributed by atoms with Gasteiger partial charge in [0.15, 0.2) is 4.80 Å². The summed E-state index contributed by atoms with van der Waals surface area (Å²) in [6, 6.07) is 5.07. The molecule has 4 nitrogen and oxygen atoms in total. The Bertz CT molecular complexity index is 1020. The average Bonchev–Trinajstić information content (AvgIpc) is 3.08. The second-order valence-corrected chi connectivity index (χ2v) is 8.97. The number of nitrogens with zero attached hydrogens (tertiary/aromatic N) is 2. The average molecular weight is 456 g/mol. The van der Waals surface area contributed by atoms with E-state index in [9.17, 15) is 4.79 Å². The van der Waals surface area contributed by atoms with Crippen molar-refractivity contribution in [2.24, 2.45) is 4.99 Å². The lowest BCUT2D eigenvalue weighted by atomic mass is 10.3. The molecule has 0 saturated heterocycles. The molecule has 10 heteroatoms. The summed E-state index contributed by atoms with van der Waals surface area (Å²) < 4.78 is 8.57. The van der Waals surface area contributed by atoms with Crippen LogP contribution in [-0.4, -0.2) is 24.2 Å². The van der Waals surface area contributed by atoms with Crippen molar-refractivity contribution in [3.05, 3.63) is 47.3 Å². The Morgan fingerprint density at radius 3 is 2.64 bits per heavy atom. The number of carbonyl (C=O) groups excluding carboxylic acids is 1. The zero-order chi connectivity index (χ0) is 18.1. The van der Waals surface area contributed by atoms with Gasteiger partial charge in [-0.05, 0) is 18.2 Å². The molecule has 0 bridgehead atoms. The van der Waals surface area contributed by atoms with Gasteiger partial charge in [-0.25, -0.2) is 0 Å². The molecule has 0 atom stereocenters. The number of ether oxygens (including phenoxy) is 1. The number of benzene rings is 1. The van der Waals surface area contributed by atoms with Crippen molar-refractivity contribution in [1.82, 2.24) is 4.57 Å². The number of aromatic nitrogens is 1. The summed E-state index contributed by atoms with van der Waals surface area (Å²) in [5, 5.41) is 0.848. The van der Waals surface area contributed by atoms with E-state index in [4.69, 9.17) is 51.1 Å². The van der Waals surface area contributed by atoms with Crippen molar-refractivity contribution in [3.8, 4) is 0 Å². The van der Waals surface area contributed by atoms with Crippen LogP contribution in [0.15, 0.2) is 23.2 Å². The number of carbonyl (C=O) groups is 1. The molecule has 0 fully saturated rings. The van der Waals surface area contributed by atoms with Gasteiger partial charge < -0.3 is 9.30 Å². The number of thiophene rings is 1. The van der Waals surface area contributed by atoms with Gasteiger partial charge in [0.25, 0.3) is 5.91 Å². The van der Waals surface area contributed by atoms with E-state index >= 15 is 0 Å². The van der Waals surface area contributed by atoms with Crippen LogP contribution in [0.2, 0.25) is 18.7 Å². The molecule has 2 heterocycles. The van der Waals surface area contributed by atoms with Crippen LogP contribution in [0.5, 0.6) is 0 Å². The molecule has 0 saturated carbocycles. The molecule has 2 aromatic heterocycles. The van der Waals surface area contributed by atoms with E-state index < -0.39 is 5.91 Å². The number of hydrogen-bond acceptors (Lipinski definition) is 4. The van der Waals surface area contributed by atoms with E-state index in [2.05, 4.69) is 4.99 Å². The maximum absolute atomic E-state index is 12.5. The lowest BCUT2D eigenvalue weighted by Crippen LogP contribution is -2.19. The van der Waals surface area contributed by atoms with Gasteiger partial charge >= 0.3 is 0 Å². The number of thiazole rings is 1. The highest BCUT2D eigenvalue weighted by Gasteiger charge is 2.16. The van der Waals surface area contributed by atoms with Crippen LogP contribution >= 0.6 is 69.1 Å². The lowest BCUT2D eigenvalue weighted by molar-refractivity contribution is 0.0998. The molecule has 0 aliphatic heterocycles. The van der Waals surface area contributed by atoms with E-state index in [0.29, 0.717) is 36.7 Å². The van der Waals surface area contributed by atoms with Gasteiger partial charge in [-0.2, -0.15) is 4.99 Å². The highest BCUT2D eigenvalue weighted by molar-refractivity contribution is 7.20. The minimum Gasteiger partial charge on any atom is -0.383 e. The number of methoxy groups -OCH3 is 1. The topological polar surface area (TPSA) is 43.6 Å². The Balaban J connectivity index is 2.19. The van der Waals surface area contributed by atoms with Crippen LogP contribution < -0.4 is 4.80 Å². The van der Waals surface area contributed by atoms with Crippen LogP contribution in [0, 0.1) is 0 Å². The molecule has 3 rings (SSSR count). The molecule has 0 unspecified atom stereocenters. The largest absolute Gasteiger partial charge is 0.383 e. The summed E-state index contributed by atoms with van der Waals surface area (Å²) in [4.78, 5) is 17.2. The summed E-state index contributed by atoms with van der Waals surface area (Å²) in [7, 11) is 1.60. The third-order valence-corrected chi connectivity index (χ3v) is 6.66. The predicted octanol–water partition coefficient (Wildman–Crippen LogP) is 5.77. The van der Waals surface area contributed by atoms with Gasteiger partial charge in [0.2, 0.25) is 0 Å². The first-order chi connectivity index (χ1) is 11.9. The van der Waals surface area contributed by atoms with Gasteiger partial charge in [0.1, 0.15) is 4.34 Å². The fourth-order valence-electron chi connectivity index (χ4n) is 2.21. The van der Waals surface area contributed by atoms with Gasteiger partial charge in [-0.3, -0.25) is 4.79 Å². The Kier molecular flexibility index (Phi) is 6.11. The number of hydrogen-bond donors (Lipinski definition) is 0. The van der Waals surface area contributed by atoms with Crippen molar-refractivity contribution in [1.29, 1.82) is 0 Å². The van der Waals surface area contributed by atoms with Crippen LogP contribution in [0.3, 0.4) is 0 Å². The van der Waals surface area contributed by atoms with Crippen molar-refractivity contribution in [2.75, 3.05) is 13.7 Å². The number of rotatable bonds is 4. The summed E-state index contributed by atoms with van der Waals surface area (Å²) in [6.45, 7) is 0.905. The van der Waals surface area contributed by atoms with Crippen LogP contribution in [-0.2, 0) is 11.3 Å². The van der Waals surface area contributed by atoms with Crippen LogP contribution in [0.4, 0.5) is 0 Å². The number of amides is 1. The van der Waals surface area contributed by atoms with E-state index in [0.717, 1.165) is 21.6 Å². The van der Waals surface area contributed by atoms with E-state index in [1.165, 1.54) is 17.4 Å². The molecule has 0 aliphatic carbocycles. The van der Waals surface area contributed by atoms with Crippen LogP contribution in [0.1, 0.15) is 10.4 Å². The number of fused-ring (bicyclic) bond motifs is 1. The fourth-order valence-corrected chi connectivity index (χ4v) is 5.20. The van der Waals surface area contributed by atoms with Crippen molar-refractivity contribution >= 4 is 85.2 Å². The minimum atomic E-state index is -0.465. The van der Waals surface area contributed by atoms with Crippen molar-refractivity contribution in [2.45, 2.75) is 6.54 Å². The molecule has 1 amide bonds. The molecular weight excluding hydrogens is 446 g/mol. The Hall–Kier alpha value is -0.600. The molecule has 0 radical (unpaired) electrons. The van der Waals surface area contributed by atoms with E-state index in [1.807, 2.05) is 10.6 Å². The molecule has 1 aromatic carbocycles. The summed E-state index contributed by atoms with van der Waals surface area (Å²) >= 11 is 26.9. The SMILES string of the molecule is COCCn1c(=NC(=O)c2cc(Cl)sc2Cl)sc2ccc(Cl)c(Cl)c21. The first-order valence-corrected chi connectivity index (χ1v) is 10.1. The molecule has 132 valence electrons. The predicted molar refractivity (Wildman–Crippen MR) is 106 cm³/mol. The third-order valence-electron chi connectivity index (χ3n) is 3.34. The van der Waals surface area contributed by atoms with Crippen molar-refractivity contribution in [3.63, 3.8) is 0 Å². The monoisotopic (exact) mass is 454 g/mol. The van der Waals surface area contributed by atoms with Gasteiger partial charge in [-0.15, -0.1) is 11.3 Å². The second kappa shape index (κ2) is 7.96. The maximum atomic E-state index is 12.5. The molecule has 3 aromatic rings. The zero-order valence-corrected chi connectivity index (χ0v) is 17.3. The quantitative estimate of drug-likeness (QED) is 0.501. The van der Waals surface area contributed by atoms with E-state index in [1.54, 1.807) is 13.2 Å². The molecule has 0 aliphatic rings. The molecule has 0 spiro atoms. The summed E-state index contributed by atoms with van der Waals surface area (Å²) in [5.74, 6) is -0.465. The second-order valence-electron chi connectivity index (χ2n) is 4.89. The summed E-state index contributed by atoms with van der Waals surface area (Å²) in [5.41, 5.74) is 0.994. The number of halogens is 4. The van der Waals surface area contributed by atoms with Gasteiger partial charge in [0.05, 0.1) is 36.8 Å². The molecular formula is C15H10Cl4N2O2S2. The van der Waals surface area contributed by atoms with Gasteiger partial charge in [0, 0.05) is 13.7 Å². The first kappa shape index (κ1) is 19.2. The van der Waals surface area contributed by atoms with E-state index in [-0.39, 0.29) is 5.56 Å². The van der Waals surface area contributed by atoms with Crippen LogP contribution in [0.25, 0.3) is 10.2 Å². The minimum absolute atomic E-state index is 0.275. The van der Waals surface area contributed by atoms with Gasteiger partial charge in [-0.1, -0.05) is 57.7 Å². The Morgan fingerprint density at radius 1 is 1.24 bits per heavy atom. The first-order valence-electron chi connectivity index (χ1n) is 6.92. The Labute approximate surface area is 171 Å². The maximum Gasteiger partial charge on any atom is 0.282 e. The normalized spacial score (nSPS) is 12.3. The highest BCUT2D eigenvalue weighted by atomic mass is 35.5. The summed E-state index contributed by atoms with van der Waals surface area (Å²) in [6.07, 6.45) is 0. The smallest absolute Gasteiger partial charge is 0.282 e. The van der Waals surface area contributed by atoms with Crippen molar-refractivity contribution < 1.29 is 9.53 Å². The Morgan fingerprint density at radius 2 is 2.00 bits per heavy atom. The molecule has 25 heavy (non-hydrogen) atoms. The molecule has 0 N–H and O–H groups in total.